The molecule has 0 aromatic rings. The summed E-state index contributed by atoms with van der Waals surface area (Å²) in [6, 6.07) is 0. The molecule has 1 rings (SSSR count). The van der Waals surface area contributed by atoms with Gasteiger partial charge in [0, 0.05) is 0 Å². The molecular formula is C7H7S. The van der Waals surface area contributed by atoms with Crippen molar-refractivity contribution in [2.24, 2.45) is 0 Å². The van der Waals surface area contributed by atoms with Crippen LogP contribution in [0.15, 0.2) is 34.6 Å². The van der Waals surface area contributed by atoms with Crippen LogP contribution in [0.5, 0.6) is 0 Å². The number of rotatable bonds is 0. The number of allylic oxidation sites excluding steroid dienone is 5. The van der Waals surface area contributed by atoms with Crippen LogP contribution in [0.25, 0.3) is 0 Å². The van der Waals surface area contributed by atoms with Gasteiger partial charge < -0.3 is 0 Å². The summed E-state index contributed by atoms with van der Waals surface area (Å²) < 4.78 is 0. The van der Waals surface area contributed by atoms with Crippen LogP contribution >= 0.6 is 11.8 Å². The fraction of sp³-hybridized carbons (Fsp3) is 0. The molecule has 1 aliphatic heterocycles. The third kappa shape index (κ3) is 1.58. The summed E-state index contributed by atoms with van der Waals surface area (Å²) in [5.74, 6) is 0. The van der Waals surface area contributed by atoms with Crippen LogP contribution in [0.1, 0.15) is 0 Å². The van der Waals surface area contributed by atoms with Crippen LogP contribution in [0.4, 0.5) is 0 Å². The number of hydrogen-bond donors (Lipinski definition) is 0. The zero-order valence-electron chi connectivity index (χ0n) is 4.50. The smallest absolute Gasteiger partial charge is 0.0105 e. The summed E-state index contributed by atoms with van der Waals surface area (Å²) in [6.45, 7) is 3.78. The van der Waals surface area contributed by atoms with Gasteiger partial charge in [-0.2, -0.15) is 0 Å². The van der Waals surface area contributed by atoms with Gasteiger partial charge in [-0.1, -0.05) is 24.3 Å². The van der Waals surface area contributed by atoms with E-state index in [4.69, 9.17) is 0 Å². The molecule has 0 aromatic heterocycles. The lowest BCUT2D eigenvalue weighted by molar-refractivity contribution is 1.90. The highest BCUT2D eigenvalue weighted by Gasteiger charge is 1.83. The van der Waals surface area contributed by atoms with Gasteiger partial charge in [0.2, 0.25) is 0 Å². The fourth-order valence-corrected chi connectivity index (χ4v) is 0.940. The topological polar surface area (TPSA) is 0 Å². The van der Waals surface area contributed by atoms with Gasteiger partial charge in [-0.15, -0.1) is 11.8 Å². The Kier molecular flexibility index (Phi) is 1.98. The second kappa shape index (κ2) is 2.78. The van der Waals surface area contributed by atoms with E-state index in [1.165, 1.54) is 0 Å². The van der Waals surface area contributed by atoms with E-state index in [2.05, 4.69) is 6.92 Å². The quantitative estimate of drug-likeness (QED) is 0.477. The van der Waals surface area contributed by atoms with Gasteiger partial charge in [-0.25, -0.2) is 0 Å². The van der Waals surface area contributed by atoms with E-state index >= 15 is 0 Å². The molecule has 1 heteroatoms. The maximum atomic E-state index is 3.78. The lowest BCUT2D eigenvalue weighted by atomic mass is 10.4. The summed E-state index contributed by atoms with van der Waals surface area (Å²) in [7, 11) is 0. The SMILES string of the molecule is [CH2]C1=CC=CC=CS1. The minimum absolute atomic E-state index is 1.09. The molecule has 1 aliphatic rings. The van der Waals surface area contributed by atoms with Gasteiger partial charge in [0.15, 0.2) is 0 Å². The molecule has 0 N–H and O–H groups in total. The molecule has 0 unspecified atom stereocenters. The van der Waals surface area contributed by atoms with Gasteiger partial charge in [-0.3, -0.25) is 0 Å². The minimum Gasteiger partial charge on any atom is -0.103 e. The Morgan fingerprint density at radius 3 is 3.00 bits per heavy atom. The Balaban J connectivity index is 2.69. The first-order chi connectivity index (χ1) is 3.89. The van der Waals surface area contributed by atoms with Crippen molar-refractivity contribution in [2.45, 2.75) is 0 Å². The molecule has 0 atom stereocenters. The highest BCUT2D eigenvalue weighted by atomic mass is 32.2. The van der Waals surface area contributed by atoms with Gasteiger partial charge in [0.1, 0.15) is 0 Å². The maximum absolute atomic E-state index is 3.78. The Labute approximate surface area is 54.0 Å². The molecule has 0 nitrogen and oxygen atoms in total. The van der Waals surface area contributed by atoms with Crippen LogP contribution in [0.2, 0.25) is 0 Å². The molecule has 0 saturated carbocycles. The van der Waals surface area contributed by atoms with Crippen molar-refractivity contribution >= 4 is 11.8 Å². The molecule has 0 bridgehead atoms. The Morgan fingerprint density at radius 2 is 2.12 bits per heavy atom. The van der Waals surface area contributed by atoms with Crippen LogP contribution in [0.3, 0.4) is 0 Å². The average Bonchev–Trinajstić information content (AvgIpc) is 1.94. The number of hydrogen-bond acceptors (Lipinski definition) is 1. The summed E-state index contributed by atoms with van der Waals surface area (Å²) in [5.41, 5.74) is 0. The number of thioether (sulfide) groups is 1. The molecule has 8 heavy (non-hydrogen) atoms. The van der Waals surface area contributed by atoms with Crippen LogP contribution in [0, 0.1) is 6.92 Å². The van der Waals surface area contributed by atoms with Crippen molar-refractivity contribution in [3.05, 3.63) is 41.5 Å². The van der Waals surface area contributed by atoms with Gasteiger partial charge in [0.25, 0.3) is 0 Å². The van der Waals surface area contributed by atoms with Crippen LogP contribution < -0.4 is 0 Å². The molecule has 0 saturated heterocycles. The Morgan fingerprint density at radius 1 is 1.25 bits per heavy atom. The van der Waals surface area contributed by atoms with Crippen molar-refractivity contribution in [2.75, 3.05) is 0 Å². The standard InChI is InChI=1S/C7H7S/c1-7-5-3-2-4-6-8-7/h2-6H,1H2. The molecule has 0 amide bonds. The highest BCUT2D eigenvalue weighted by molar-refractivity contribution is 8.05. The monoisotopic (exact) mass is 123 g/mol. The molecule has 0 aliphatic carbocycles. The second-order valence-electron chi connectivity index (χ2n) is 1.46. The first-order valence-corrected chi connectivity index (χ1v) is 3.30. The highest BCUT2D eigenvalue weighted by Crippen LogP contribution is 2.17. The maximum Gasteiger partial charge on any atom is -0.0105 e. The normalized spacial score (nSPS) is 17.9. The van der Waals surface area contributed by atoms with Crippen molar-refractivity contribution in [1.82, 2.24) is 0 Å². The predicted octanol–water partition coefficient (Wildman–Crippen LogP) is 2.52. The molecule has 0 aromatic carbocycles. The Hall–Kier alpha value is -0.430. The van der Waals surface area contributed by atoms with Crippen LogP contribution in [-0.4, -0.2) is 0 Å². The molecular weight excluding hydrogens is 116 g/mol. The first kappa shape index (κ1) is 5.70. The summed E-state index contributed by atoms with van der Waals surface area (Å²) in [4.78, 5) is 1.09. The van der Waals surface area contributed by atoms with Crippen molar-refractivity contribution in [1.29, 1.82) is 0 Å². The summed E-state index contributed by atoms with van der Waals surface area (Å²) >= 11 is 1.65. The van der Waals surface area contributed by atoms with Crippen molar-refractivity contribution < 1.29 is 0 Å². The van der Waals surface area contributed by atoms with E-state index in [1.54, 1.807) is 11.8 Å². The van der Waals surface area contributed by atoms with E-state index in [0.717, 1.165) is 4.91 Å². The summed E-state index contributed by atoms with van der Waals surface area (Å²) in [5, 5.41) is 2.02. The lowest BCUT2D eigenvalue weighted by Crippen LogP contribution is -1.56. The van der Waals surface area contributed by atoms with E-state index < -0.39 is 0 Å². The molecule has 0 fully saturated rings. The fourth-order valence-electron chi connectivity index (χ4n) is 0.438. The summed E-state index contributed by atoms with van der Waals surface area (Å²) in [6.07, 6.45) is 7.97. The van der Waals surface area contributed by atoms with Crippen LogP contribution in [-0.2, 0) is 0 Å². The average molecular weight is 123 g/mol. The van der Waals surface area contributed by atoms with Gasteiger partial charge >= 0.3 is 0 Å². The molecule has 0 spiro atoms. The van der Waals surface area contributed by atoms with Crippen molar-refractivity contribution in [3.63, 3.8) is 0 Å². The van der Waals surface area contributed by atoms with E-state index in [9.17, 15) is 0 Å². The zero-order chi connectivity index (χ0) is 5.82. The molecule has 1 radical (unpaired) electrons. The zero-order valence-corrected chi connectivity index (χ0v) is 5.32. The first-order valence-electron chi connectivity index (χ1n) is 2.42. The van der Waals surface area contributed by atoms with Gasteiger partial charge in [-0.05, 0) is 17.2 Å². The van der Waals surface area contributed by atoms with Gasteiger partial charge in [0.05, 0.1) is 0 Å². The lowest BCUT2D eigenvalue weighted by Gasteiger charge is -1.86. The minimum atomic E-state index is 1.09. The van der Waals surface area contributed by atoms with E-state index in [0.29, 0.717) is 0 Å². The third-order valence-electron chi connectivity index (χ3n) is 0.802. The second-order valence-corrected chi connectivity index (χ2v) is 2.50. The van der Waals surface area contributed by atoms with Crippen molar-refractivity contribution in [3.8, 4) is 0 Å². The molecule has 41 valence electrons. The largest absolute Gasteiger partial charge is 0.103 e. The third-order valence-corrected chi connectivity index (χ3v) is 1.53. The van der Waals surface area contributed by atoms with E-state index in [-0.39, 0.29) is 0 Å². The molecule has 1 heterocycles. The Bertz CT molecular complexity index is 152. The predicted molar refractivity (Wildman–Crippen MR) is 39.3 cm³/mol. The van der Waals surface area contributed by atoms with E-state index in [1.807, 2.05) is 29.7 Å².